The van der Waals surface area contributed by atoms with Crippen molar-refractivity contribution in [2.75, 3.05) is 40.3 Å². The predicted molar refractivity (Wildman–Crippen MR) is 90.7 cm³/mol. The van der Waals surface area contributed by atoms with Gasteiger partial charge in [-0.2, -0.15) is 0 Å². The standard InChI is InChI=1S/C18H31N3/c1-5-19-18(16-8-6-15(2)7-9-16)14-21-12-10-17(11-13-21)20(3)4/h6-9,17-19H,5,10-14H2,1-4H3. The van der Waals surface area contributed by atoms with E-state index in [1.54, 1.807) is 0 Å². The van der Waals surface area contributed by atoms with E-state index in [1.165, 1.54) is 37.1 Å². The van der Waals surface area contributed by atoms with Gasteiger partial charge in [0.05, 0.1) is 0 Å². The molecular weight excluding hydrogens is 258 g/mol. The molecule has 0 radical (unpaired) electrons. The van der Waals surface area contributed by atoms with Gasteiger partial charge in [0.1, 0.15) is 0 Å². The lowest BCUT2D eigenvalue weighted by molar-refractivity contribution is 0.135. The van der Waals surface area contributed by atoms with Crippen molar-refractivity contribution in [3.05, 3.63) is 35.4 Å². The van der Waals surface area contributed by atoms with Gasteiger partial charge in [0.2, 0.25) is 0 Å². The fourth-order valence-electron chi connectivity index (χ4n) is 3.21. The molecule has 1 aromatic carbocycles. The Kier molecular flexibility index (Phi) is 6.22. The van der Waals surface area contributed by atoms with E-state index in [9.17, 15) is 0 Å². The lowest BCUT2D eigenvalue weighted by atomic mass is 10.0. The van der Waals surface area contributed by atoms with E-state index in [1.807, 2.05) is 0 Å². The summed E-state index contributed by atoms with van der Waals surface area (Å²) < 4.78 is 0. The van der Waals surface area contributed by atoms with Crippen molar-refractivity contribution in [2.24, 2.45) is 0 Å². The number of rotatable bonds is 6. The molecule has 1 fully saturated rings. The first-order valence-electron chi connectivity index (χ1n) is 8.29. The predicted octanol–water partition coefficient (Wildman–Crippen LogP) is 2.67. The van der Waals surface area contributed by atoms with E-state index in [2.05, 4.69) is 67.3 Å². The average molecular weight is 289 g/mol. The van der Waals surface area contributed by atoms with Crippen LogP contribution >= 0.6 is 0 Å². The molecule has 0 bridgehead atoms. The number of benzene rings is 1. The molecule has 1 aliphatic heterocycles. The van der Waals surface area contributed by atoms with Gasteiger partial charge in [0, 0.05) is 18.6 Å². The molecule has 2 rings (SSSR count). The molecule has 118 valence electrons. The van der Waals surface area contributed by atoms with Crippen molar-refractivity contribution in [1.82, 2.24) is 15.1 Å². The normalized spacial score (nSPS) is 19.1. The summed E-state index contributed by atoms with van der Waals surface area (Å²) in [5.74, 6) is 0. The van der Waals surface area contributed by atoms with Crippen LogP contribution in [0.2, 0.25) is 0 Å². The zero-order chi connectivity index (χ0) is 15.2. The van der Waals surface area contributed by atoms with Crippen LogP contribution in [-0.2, 0) is 0 Å². The van der Waals surface area contributed by atoms with Gasteiger partial charge in [-0.1, -0.05) is 36.8 Å². The zero-order valence-corrected chi connectivity index (χ0v) is 14.1. The van der Waals surface area contributed by atoms with Crippen molar-refractivity contribution in [1.29, 1.82) is 0 Å². The monoisotopic (exact) mass is 289 g/mol. The minimum Gasteiger partial charge on any atom is -0.309 e. The highest BCUT2D eigenvalue weighted by Crippen LogP contribution is 2.19. The molecule has 1 saturated heterocycles. The zero-order valence-electron chi connectivity index (χ0n) is 14.1. The lowest BCUT2D eigenvalue weighted by Crippen LogP contribution is -2.44. The molecule has 1 heterocycles. The van der Waals surface area contributed by atoms with Crippen molar-refractivity contribution < 1.29 is 0 Å². The maximum atomic E-state index is 3.65. The molecule has 21 heavy (non-hydrogen) atoms. The van der Waals surface area contributed by atoms with Gasteiger partial charge in [0.25, 0.3) is 0 Å². The van der Waals surface area contributed by atoms with Crippen LogP contribution in [0.4, 0.5) is 0 Å². The summed E-state index contributed by atoms with van der Waals surface area (Å²) in [5.41, 5.74) is 2.75. The SMILES string of the molecule is CCNC(CN1CCC(N(C)C)CC1)c1ccc(C)cc1. The van der Waals surface area contributed by atoms with Crippen LogP contribution in [0.1, 0.15) is 36.9 Å². The minimum absolute atomic E-state index is 0.450. The van der Waals surface area contributed by atoms with Crippen molar-refractivity contribution >= 4 is 0 Å². The molecule has 3 nitrogen and oxygen atoms in total. The van der Waals surface area contributed by atoms with Crippen LogP contribution in [0.15, 0.2) is 24.3 Å². The molecule has 3 heteroatoms. The Morgan fingerprint density at radius 1 is 1.19 bits per heavy atom. The Morgan fingerprint density at radius 2 is 1.81 bits per heavy atom. The summed E-state index contributed by atoms with van der Waals surface area (Å²) in [5, 5.41) is 3.65. The van der Waals surface area contributed by atoms with Gasteiger partial charge in [-0.15, -0.1) is 0 Å². The Labute approximate surface area is 130 Å². The van der Waals surface area contributed by atoms with E-state index in [4.69, 9.17) is 0 Å². The largest absolute Gasteiger partial charge is 0.309 e. The van der Waals surface area contributed by atoms with Crippen LogP contribution < -0.4 is 5.32 Å². The van der Waals surface area contributed by atoms with E-state index in [0.29, 0.717) is 6.04 Å². The maximum absolute atomic E-state index is 3.65. The smallest absolute Gasteiger partial charge is 0.0449 e. The van der Waals surface area contributed by atoms with Gasteiger partial charge in [-0.25, -0.2) is 0 Å². The summed E-state index contributed by atoms with van der Waals surface area (Å²) in [6.45, 7) is 8.93. The third-order valence-corrected chi connectivity index (χ3v) is 4.66. The average Bonchev–Trinajstić information content (AvgIpc) is 2.48. The van der Waals surface area contributed by atoms with Gasteiger partial charge < -0.3 is 15.1 Å². The Morgan fingerprint density at radius 3 is 2.33 bits per heavy atom. The first-order valence-corrected chi connectivity index (χ1v) is 8.29. The number of nitrogens with one attached hydrogen (secondary N) is 1. The highest BCUT2D eigenvalue weighted by atomic mass is 15.2. The number of aryl methyl sites for hydroxylation is 1. The third-order valence-electron chi connectivity index (χ3n) is 4.66. The second-order valence-electron chi connectivity index (χ2n) is 6.52. The number of likely N-dealkylation sites (N-methyl/N-ethyl adjacent to an activating group) is 1. The molecule has 1 aliphatic rings. The third kappa shape index (κ3) is 4.80. The summed E-state index contributed by atoms with van der Waals surface area (Å²) >= 11 is 0. The van der Waals surface area contributed by atoms with E-state index in [0.717, 1.165) is 19.1 Å². The molecule has 1 N–H and O–H groups in total. The summed E-state index contributed by atoms with van der Waals surface area (Å²) in [7, 11) is 4.40. The molecule has 0 amide bonds. The van der Waals surface area contributed by atoms with E-state index >= 15 is 0 Å². The minimum atomic E-state index is 0.450. The van der Waals surface area contributed by atoms with Crippen molar-refractivity contribution in [3.8, 4) is 0 Å². The number of hydrogen-bond donors (Lipinski definition) is 1. The number of nitrogens with zero attached hydrogens (tertiary/aromatic N) is 2. The highest BCUT2D eigenvalue weighted by molar-refractivity contribution is 5.24. The van der Waals surface area contributed by atoms with Crippen LogP contribution in [0.5, 0.6) is 0 Å². The number of piperidine rings is 1. The quantitative estimate of drug-likeness (QED) is 0.868. The summed E-state index contributed by atoms with van der Waals surface area (Å²) in [4.78, 5) is 4.99. The molecule has 0 aromatic heterocycles. The van der Waals surface area contributed by atoms with Gasteiger partial charge in [-0.05, 0) is 59.1 Å². The molecule has 1 atom stereocenters. The van der Waals surface area contributed by atoms with Gasteiger partial charge >= 0.3 is 0 Å². The van der Waals surface area contributed by atoms with Crippen molar-refractivity contribution in [2.45, 2.75) is 38.8 Å². The second-order valence-corrected chi connectivity index (χ2v) is 6.52. The summed E-state index contributed by atoms with van der Waals surface area (Å²) in [6.07, 6.45) is 2.58. The van der Waals surface area contributed by atoms with Crippen LogP contribution in [0, 0.1) is 6.92 Å². The van der Waals surface area contributed by atoms with Gasteiger partial charge in [0.15, 0.2) is 0 Å². The Hall–Kier alpha value is -0.900. The van der Waals surface area contributed by atoms with Crippen LogP contribution in [0.3, 0.4) is 0 Å². The lowest BCUT2D eigenvalue weighted by Gasteiger charge is -2.37. The number of likely N-dealkylation sites (tertiary alicyclic amines) is 1. The molecule has 0 saturated carbocycles. The van der Waals surface area contributed by atoms with Crippen molar-refractivity contribution in [3.63, 3.8) is 0 Å². The van der Waals surface area contributed by atoms with Crippen LogP contribution in [0.25, 0.3) is 0 Å². The first-order chi connectivity index (χ1) is 10.1. The van der Waals surface area contributed by atoms with E-state index in [-0.39, 0.29) is 0 Å². The van der Waals surface area contributed by atoms with E-state index < -0.39 is 0 Å². The molecule has 0 spiro atoms. The second kappa shape index (κ2) is 7.92. The fraction of sp³-hybridized carbons (Fsp3) is 0.667. The molecule has 1 aromatic rings. The molecule has 1 unspecified atom stereocenters. The highest BCUT2D eigenvalue weighted by Gasteiger charge is 2.23. The summed E-state index contributed by atoms with van der Waals surface area (Å²) in [6, 6.07) is 10.2. The fourth-order valence-corrected chi connectivity index (χ4v) is 3.21. The van der Waals surface area contributed by atoms with Crippen LogP contribution in [-0.4, -0.2) is 56.1 Å². The maximum Gasteiger partial charge on any atom is 0.0449 e. The number of hydrogen-bond acceptors (Lipinski definition) is 3. The molecular formula is C18H31N3. The Bertz CT molecular complexity index is 405. The first kappa shape index (κ1) is 16.5. The topological polar surface area (TPSA) is 18.5 Å². The molecule has 0 aliphatic carbocycles. The Balaban J connectivity index is 1.93. The van der Waals surface area contributed by atoms with Gasteiger partial charge in [-0.3, -0.25) is 0 Å².